The van der Waals surface area contributed by atoms with Gasteiger partial charge in [-0.05, 0) is 30.0 Å². The molecule has 0 aliphatic carbocycles. The summed E-state index contributed by atoms with van der Waals surface area (Å²) in [6.45, 7) is 2.01. The summed E-state index contributed by atoms with van der Waals surface area (Å²) in [5, 5.41) is 1.90. The minimum absolute atomic E-state index is 0.0126. The molecule has 4 heteroatoms. The van der Waals surface area contributed by atoms with Gasteiger partial charge in [-0.3, -0.25) is 4.79 Å². The SMILES string of the molecule is Cc1ccc2nc(C(=O)c3cccs3)cn2c1. The van der Waals surface area contributed by atoms with Gasteiger partial charge in [0.25, 0.3) is 0 Å². The van der Waals surface area contributed by atoms with E-state index in [-0.39, 0.29) is 5.78 Å². The number of hydrogen-bond donors (Lipinski definition) is 0. The van der Waals surface area contributed by atoms with Crippen molar-refractivity contribution in [3.63, 3.8) is 0 Å². The molecule has 0 N–H and O–H groups in total. The largest absolute Gasteiger partial charge is 0.306 e. The number of thiophene rings is 1. The van der Waals surface area contributed by atoms with Gasteiger partial charge in [-0.2, -0.15) is 0 Å². The van der Waals surface area contributed by atoms with Crippen LogP contribution in [-0.4, -0.2) is 15.2 Å². The van der Waals surface area contributed by atoms with Crippen LogP contribution in [0.5, 0.6) is 0 Å². The standard InChI is InChI=1S/C13H10N2OS/c1-9-4-5-12-14-10(8-15(12)7-9)13(16)11-3-2-6-17-11/h2-8H,1H3. The van der Waals surface area contributed by atoms with Crippen LogP contribution in [0.25, 0.3) is 5.65 Å². The highest BCUT2D eigenvalue weighted by Crippen LogP contribution is 2.15. The second-order valence-corrected chi connectivity index (χ2v) is 4.85. The van der Waals surface area contributed by atoms with Crippen molar-refractivity contribution in [3.05, 3.63) is 58.2 Å². The molecule has 0 atom stereocenters. The summed E-state index contributed by atoms with van der Waals surface area (Å²) in [7, 11) is 0. The predicted molar refractivity (Wildman–Crippen MR) is 67.7 cm³/mol. The van der Waals surface area contributed by atoms with Crippen molar-refractivity contribution < 1.29 is 4.79 Å². The van der Waals surface area contributed by atoms with Crippen molar-refractivity contribution in [1.29, 1.82) is 0 Å². The van der Waals surface area contributed by atoms with E-state index >= 15 is 0 Å². The van der Waals surface area contributed by atoms with Gasteiger partial charge >= 0.3 is 0 Å². The maximum atomic E-state index is 12.1. The molecule has 0 amide bonds. The summed E-state index contributed by atoms with van der Waals surface area (Å²) in [5.41, 5.74) is 2.44. The van der Waals surface area contributed by atoms with Crippen molar-refractivity contribution in [2.24, 2.45) is 0 Å². The van der Waals surface area contributed by atoms with Crippen LogP contribution in [0.1, 0.15) is 20.9 Å². The number of imidazole rings is 1. The molecule has 0 saturated heterocycles. The van der Waals surface area contributed by atoms with Gasteiger partial charge in [0.1, 0.15) is 11.3 Å². The zero-order chi connectivity index (χ0) is 11.8. The summed E-state index contributed by atoms with van der Waals surface area (Å²) < 4.78 is 1.89. The normalized spacial score (nSPS) is 10.9. The lowest BCUT2D eigenvalue weighted by atomic mass is 10.2. The van der Waals surface area contributed by atoms with Gasteiger partial charge in [0.2, 0.25) is 5.78 Å². The first-order chi connectivity index (χ1) is 8.24. The van der Waals surface area contributed by atoms with E-state index in [1.165, 1.54) is 11.3 Å². The maximum Gasteiger partial charge on any atom is 0.222 e. The highest BCUT2D eigenvalue weighted by atomic mass is 32.1. The molecule has 3 aromatic heterocycles. The molecule has 0 spiro atoms. The van der Waals surface area contributed by atoms with E-state index in [0.29, 0.717) is 5.69 Å². The Balaban J connectivity index is 2.09. The van der Waals surface area contributed by atoms with Crippen LogP contribution in [0.2, 0.25) is 0 Å². The first-order valence-corrected chi connectivity index (χ1v) is 6.15. The third-order valence-corrected chi connectivity index (χ3v) is 3.45. The highest BCUT2D eigenvalue weighted by molar-refractivity contribution is 7.12. The minimum atomic E-state index is -0.0126. The molecule has 0 unspecified atom stereocenters. The second-order valence-electron chi connectivity index (χ2n) is 3.90. The quantitative estimate of drug-likeness (QED) is 0.647. The molecule has 0 bridgehead atoms. The molecule has 0 aromatic carbocycles. The lowest BCUT2D eigenvalue weighted by Gasteiger charge is -1.92. The summed E-state index contributed by atoms with van der Waals surface area (Å²) in [6.07, 6.45) is 3.75. The van der Waals surface area contributed by atoms with E-state index < -0.39 is 0 Å². The number of aryl methyl sites for hydroxylation is 1. The Morgan fingerprint density at radius 1 is 1.29 bits per heavy atom. The van der Waals surface area contributed by atoms with E-state index in [4.69, 9.17) is 0 Å². The number of fused-ring (bicyclic) bond motifs is 1. The van der Waals surface area contributed by atoms with Crippen molar-refractivity contribution in [1.82, 2.24) is 9.38 Å². The Morgan fingerprint density at radius 3 is 2.94 bits per heavy atom. The van der Waals surface area contributed by atoms with Crippen LogP contribution in [0.15, 0.2) is 42.0 Å². The highest BCUT2D eigenvalue weighted by Gasteiger charge is 2.13. The van der Waals surface area contributed by atoms with Crippen LogP contribution < -0.4 is 0 Å². The number of hydrogen-bond acceptors (Lipinski definition) is 3. The van der Waals surface area contributed by atoms with E-state index in [9.17, 15) is 4.79 Å². The maximum absolute atomic E-state index is 12.1. The van der Waals surface area contributed by atoms with E-state index in [0.717, 1.165) is 16.1 Å². The molecule has 0 aliphatic rings. The molecule has 3 aromatic rings. The van der Waals surface area contributed by atoms with Crippen molar-refractivity contribution in [2.45, 2.75) is 6.92 Å². The number of pyridine rings is 1. The molecule has 3 heterocycles. The van der Waals surface area contributed by atoms with Gasteiger partial charge in [0.05, 0.1) is 4.88 Å². The van der Waals surface area contributed by atoms with E-state index in [1.807, 2.05) is 47.2 Å². The molecule has 0 aliphatic heterocycles. The molecule has 0 fully saturated rings. The molecule has 0 saturated carbocycles. The van der Waals surface area contributed by atoms with Crippen LogP contribution in [-0.2, 0) is 0 Å². The topological polar surface area (TPSA) is 34.4 Å². The smallest absolute Gasteiger partial charge is 0.222 e. The molecule has 17 heavy (non-hydrogen) atoms. The minimum Gasteiger partial charge on any atom is -0.306 e. The monoisotopic (exact) mass is 242 g/mol. The van der Waals surface area contributed by atoms with Gasteiger partial charge in [-0.1, -0.05) is 12.1 Å². The summed E-state index contributed by atoms with van der Waals surface area (Å²) in [4.78, 5) is 17.2. The Labute approximate surface area is 102 Å². The predicted octanol–water partition coefficient (Wildman–Crippen LogP) is 2.94. The molecule has 0 radical (unpaired) electrons. The van der Waals surface area contributed by atoms with Gasteiger partial charge in [-0.25, -0.2) is 4.98 Å². The van der Waals surface area contributed by atoms with Gasteiger partial charge < -0.3 is 4.40 Å². The molecule has 3 nitrogen and oxygen atoms in total. The third kappa shape index (κ3) is 1.76. The lowest BCUT2D eigenvalue weighted by molar-refractivity contribution is 0.103. The van der Waals surface area contributed by atoms with Crippen LogP contribution >= 0.6 is 11.3 Å². The Bertz CT molecular complexity index is 683. The number of rotatable bonds is 2. The number of ketones is 1. The molecule has 3 rings (SSSR count). The van der Waals surface area contributed by atoms with Gasteiger partial charge in [-0.15, -0.1) is 11.3 Å². The number of carbonyl (C=O) groups is 1. The van der Waals surface area contributed by atoms with Crippen molar-refractivity contribution >= 4 is 22.8 Å². The zero-order valence-corrected chi connectivity index (χ0v) is 10.1. The van der Waals surface area contributed by atoms with Crippen LogP contribution in [0, 0.1) is 6.92 Å². The fourth-order valence-corrected chi connectivity index (χ4v) is 2.42. The number of carbonyl (C=O) groups excluding carboxylic acids is 1. The Morgan fingerprint density at radius 2 is 2.18 bits per heavy atom. The number of aromatic nitrogens is 2. The summed E-state index contributed by atoms with van der Waals surface area (Å²) in [5.74, 6) is -0.0126. The first kappa shape index (κ1) is 10.2. The average molecular weight is 242 g/mol. The van der Waals surface area contributed by atoms with Gasteiger partial charge in [0.15, 0.2) is 0 Å². The van der Waals surface area contributed by atoms with Crippen molar-refractivity contribution in [3.8, 4) is 0 Å². The fourth-order valence-electron chi connectivity index (χ4n) is 1.75. The van der Waals surface area contributed by atoms with Crippen LogP contribution in [0.4, 0.5) is 0 Å². The second kappa shape index (κ2) is 3.82. The Kier molecular flexibility index (Phi) is 2.30. The number of nitrogens with zero attached hydrogens (tertiary/aromatic N) is 2. The van der Waals surface area contributed by atoms with Gasteiger partial charge in [0, 0.05) is 12.4 Å². The molecular formula is C13H10N2OS. The first-order valence-electron chi connectivity index (χ1n) is 5.27. The average Bonchev–Trinajstić information content (AvgIpc) is 2.96. The van der Waals surface area contributed by atoms with E-state index in [1.54, 1.807) is 6.20 Å². The van der Waals surface area contributed by atoms with Crippen molar-refractivity contribution in [2.75, 3.05) is 0 Å². The zero-order valence-electron chi connectivity index (χ0n) is 9.25. The Hall–Kier alpha value is -1.94. The summed E-state index contributed by atoms with van der Waals surface area (Å²) >= 11 is 1.44. The fraction of sp³-hybridized carbons (Fsp3) is 0.0769. The van der Waals surface area contributed by atoms with E-state index in [2.05, 4.69) is 4.98 Å². The van der Waals surface area contributed by atoms with Crippen LogP contribution in [0.3, 0.4) is 0 Å². The third-order valence-electron chi connectivity index (χ3n) is 2.58. The molecule has 84 valence electrons. The lowest BCUT2D eigenvalue weighted by Crippen LogP contribution is -1.98. The summed E-state index contributed by atoms with van der Waals surface area (Å²) in [6, 6.07) is 7.60. The molecular weight excluding hydrogens is 232 g/mol.